The lowest BCUT2D eigenvalue weighted by Gasteiger charge is -2.27. The summed E-state index contributed by atoms with van der Waals surface area (Å²) in [6.07, 6.45) is 1.90. The molecule has 0 saturated heterocycles. The summed E-state index contributed by atoms with van der Waals surface area (Å²) in [6, 6.07) is 9.15. The minimum atomic E-state index is 0.496. The van der Waals surface area contributed by atoms with Crippen LogP contribution in [0.3, 0.4) is 0 Å². The molecule has 0 radical (unpaired) electrons. The van der Waals surface area contributed by atoms with E-state index in [4.69, 9.17) is 5.73 Å². The van der Waals surface area contributed by atoms with E-state index in [9.17, 15) is 0 Å². The molecule has 0 fully saturated rings. The first-order chi connectivity index (χ1) is 9.63. The number of fused-ring (bicyclic) bond motifs is 1. The lowest BCUT2D eigenvalue weighted by molar-refractivity contribution is 0.201. The Kier molecular flexibility index (Phi) is 3.63. The van der Waals surface area contributed by atoms with Gasteiger partial charge in [0.05, 0.1) is 0 Å². The molecule has 0 bridgehead atoms. The fraction of sp³-hybridized carbons (Fsp3) is 0.400. The van der Waals surface area contributed by atoms with E-state index in [1.165, 1.54) is 16.1 Å². The number of anilines is 2. The average Bonchev–Trinajstić information content (AvgIpc) is 2.78. The molecular formula is C15H20N4S. The van der Waals surface area contributed by atoms with Crippen LogP contribution in [-0.4, -0.2) is 29.5 Å². The Labute approximate surface area is 123 Å². The number of nitrogens with two attached hydrogens (primary N) is 1. The molecule has 106 valence electrons. The van der Waals surface area contributed by atoms with Crippen molar-refractivity contribution in [3.8, 4) is 0 Å². The number of rotatable bonds is 2. The summed E-state index contributed by atoms with van der Waals surface area (Å²) in [5.74, 6) is 0. The third kappa shape index (κ3) is 2.64. The predicted octanol–water partition coefficient (Wildman–Crippen LogP) is 2.57. The quantitative estimate of drug-likeness (QED) is 0.922. The van der Waals surface area contributed by atoms with Gasteiger partial charge in [0, 0.05) is 49.5 Å². The highest BCUT2D eigenvalue weighted by Crippen LogP contribution is 2.28. The maximum Gasteiger partial charge on any atom is 0.180 e. The number of likely N-dealkylation sites (N-methyl/N-ethyl adjacent to an activating group) is 1. The second-order valence-electron chi connectivity index (χ2n) is 5.43. The molecule has 2 N–H and O–H groups in total. The molecule has 0 aliphatic carbocycles. The van der Waals surface area contributed by atoms with Crippen LogP contribution in [0.15, 0.2) is 30.5 Å². The molecule has 0 spiro atoms. The van der Waals surface area contributed by atoms with Crippen molar-refractivity contribution in [2.75, 3.05) is 24.2 Å². The molecular weight excluding hydrogens is 268 g/mol. The largest absolute Gasteiger partial charge is 0.375 e. The second kappa shape index (κ2) is 5.42. The summed E-state index contributed by atoms with van der Waals surface area (Å²) < 4.78 is 0. The molecule has 1 aromatic heterocycles. The van der Waals surface area contributed by atoms with Crippen LogP contribution in [0.25, 0.3) is 0 Å². The Morgan fingerprint density at radius 2 is 2.20 bits per heavy atom. The summed E-state index contributed by atoms with van der Waals surface area (Å²) in [5, 5.41) is 0.653. The third-order valence-corrected chi connectivity index (χ3v) is 4.68. The Hall–Kier alpha value is -1.59. The van der Waals surface area contributed by atoms with Crippen molar-refractivity contribution in [1.82, 2.24) is 9.88 Å². The lowest BCUT2D eigenvalue weighted by Crippen LogP contribution is -2.37. The maximum atomic E-state index is 5.73. The summed E-state index contributed by atoms with van der Waals surface area (Å²) in [5.41, 5.74) is 8.45. The van der Waals surface area contributed by atoms with Gasteiger partial charge < -0.3 is 10.6 Å². The first-order valence-corrected chi connectivity index (χ1v) is 7.68. The number of thiazole rings is 1. The van der Waals surface area contributed by atoms with Gasteiger partial charge in [0.25, 0.3) is 0 Å². The molecule has 20 heavy (non-hydrogen) atoms. The standard InChI is InChI=1S/C15H20N4S/c1-11-8-18(2)14-6-4-3-5-12(14)9-19(11)10-13-7-17-15(16)20-13/h3-7,11H,8-10H2,1-2H3,(H2,16,17). The van der Waals surface area contributed by atoms with Crippen LogP contribution in [0.1, 0.15) is 17.4 Å². The van der Waals surface area contributed by atoms with Crippen LogP contribution in [0.5, 0.6) is 0 Å². The molecule has 1 unspecified atom stereocenters. The first-order valence-electron chi connectivity index (χ1n) is 6.87. The van der Waals surface area contributed by atoms with Crippen molar-refractivity contribution in [2.24, 2.45) is 0 Å². The second-order valence-corrected chi connectivity index (χ2v) is 6.57. The van der Waals surface area contributed by atoms with Crippen LogP contribution in [0, 0.1) is 0 Å². The summed E-state index contributed by atoms with van der Waals surface area (Å²) in [6.45, 7) is 5.20. The minimum Gasteiger partial charge on any atom is -0.375 e. The molecule has 0 saturated carbocycles. The molecule has 1 aliphatic rings. The van der Waals surface area contributed by atoms with Crippen LogP contribution in [-0.2, 0) is 13.1 Å². The van der Waals surface area contributed by atoms with E-state index in [2.05, 4.69) is 53.0 Å². The fourth-order valence-corrected chi connectivity index (χ4v) is 3.52. The SMILES string of the molecule is CC1CN(C)c2ccccc2CN1Cc1cnc(N)s1. The number of aromatic nitrogens is 1. The highest BCUT2D eigenvalue weighted by molar-refractivity contribution is 7.15. The van der Waals surface area contributed by atoms with E-state index in [1.54, 1.807) is 11.3 Å². The number of nitrogen functional groups attached to an aromatic ring is 1. The van der Waals surface area contributed by atoms with E-state index >= 15 is 0 Å². The van der Waals surface area contributed by atoms with Crippen molar-refractivity contribution in [3.63, 3.8) is 0 Å². The first kappa shape index (κ1) is 13.4. The Morgan fingerprint density at radius 1 is 1.40 bits per heavy atom. The van der Waals surface area contributed by atoms with Gasteiger partial charge >= 0.3 is 0 Å². The Balaban J connectivity index is 1.85. The van der Waals surface area contributed by atoms with Crippen molar-refractivity contribution in [3.05, 3.63) is 40.9 Å². The van der Waals surface area contributed by atoms with Gasteiger partial charge in [0.15, 0.2) is 5.13 Å². The number of hydrogen-bond acceptors (Lipinski definition) is 5. The Morgan fingerprint density at radius 3 is 2.95 bits per heavy atom. The number of para-hydroxylation sites is 1. The predicted molar refractivity (Wildman–Crippen MR) is 84.9 cm³/mol. The smallest absolute Gasteiger partial charge is 0.180 e. The van der Waals surface area contributed by atoms with Gasteiger partial charge in [-0.3, -0.25) is 4.90 Å². The normalized spacial score (nSPS) is 19.7. The monoisotopic (exact) mass is 288 g/mol. The molecule has 3 rings (SSSR count). The van der Waals surface area contributed by atoms with Crippen molar-refractivity contribution in [1.29, 1.82) is 0 Å². The summed E-state index contributed by atoms with van der Waals surface area (Å²) >= 11 is 1.58. The van der Waals surface area contributed by atoms with Crippen LogP contribution in [0.4, 0.5) is 10.8 Å². The van der Waals surface area contributed by atoms with E-state index in [0.717, 1.165) is 19.6 Å². The third-order valence-electron chi connectivity index (χ3n) is 3.87. The van der Waals surface area contributed by atoms with Crippen LogP contribution in [0.2, 0.25) is 0 Å². The summed E-state index contributed by atoms with van der Waals surface area (Å²) in [7, 11) is 2.17. The van der Waals surface area contributed by atoms with Crippen molar-refractivity contribution < 1.29 is 0 Å². The maximum absolute atomic E-state index is 5.73. The molecule has 1 aliphatic heterocycles. The van der Waals surface area contributed by atoms with Gasteiger partial charge in [0.1, 0.15) is 0 Å². The van der Waals surface area contributed by atoms with Crippen molar-refractivity contribution in [2.45, 2.75) is 26.1 Å². The van der Waals surface area contributed by atoms with E-state index in [0.29, 0.717) is 11.2 Å². The highest BCUT2D eigenvalue weighted by Gasteiger charge is 2.23. The van der Waals surface area contributed by atoms with E-state index < -0.39 is 0 Å². The molecule has 1 aromatic carbocycles. The van der Waals surface area contributed by atoms with Gasteiger partial charge in [-0.05, 0) is 18.6 Å². The average molecular weight is 288 g/mol. The van der Waals surface area contributed by atoms with Gasteiger partial charge in [0.2, 0.25) is 0 Å². The molecule has 5 heteroatoms. The fourth-order valence-electron chi connectivity index (χ4n) is 2.81. The van der Waals surface area contributed by atoms with E-state index in [-0.39, 0.29) is 0 Å². The molecule has 0 amide bonds. The summed E-state index contributed by atoms with van der Waals surface area (Å²) in [4.78, 5) is 10.2. The van der Waals surface area contributed by atoms with Gasteiger partial charge in [-0.1, -0.05) is 18.2 Å². The highest BCUT2D eigenvalue weighted by atomic mass is 32.1. The van der Waals surface area contributed by atoms with Crippen LogP contribution < -0.4 is 10.6 Å². The zero-order valence-electron chi connectivity index (χ0n) is 11.9. The van der Waals surface area contributed by atoms with E-state index in [1.807, 2.05) is 6.20 Å². The zero-order chi connectivity index (χ0) is 14.1. The van der Waals surface area contributed by atoms with Gasteiger partial charge in [-0.2, -0.15) is 0 Å². The zero-order valence-corrected chi connectivity index (χ0v) is 12.7. The molecule has 1 atom stereocenters. The molecule has 2 aromatic rings. The molecule has 2 heterocycles. The van der Waals surface area contributed by atoms with Gasteiger partial charge in [-0.25, -0.2) is 4.98 Å². The minimum absolute atomic E-state index is 0.496. The topological polar surface area (TPSA) is 45.4 Å². The lowest BCUT2D eigenvalue weighted by atomic mass is 10.1. The number of hydrogen-bond donors (Lipinski definition) is 1. The van der Waals surface area contributed by atoms with Gasteiger partial charge in [-0.15, -0.1) is 11.3 Å². The van der Waals surface area contributed by atoms with Crippen molar-refractivity contribution >= 4 is 22.2 Å². The number of nitrogens with zero attached hydrogens (tertiary/aromatic N) is 3. The number of benzene rings is 1. The molecule has 4 nitrogen and oxygen atoms in total. The Bertz CT molecular complexity index is 595. The van der Waals surface area contributed by atoms with Crippen LogP contribution >= 0.6 is 11.3 Å².